The third-order valence-electron chi connectivity index (χ3n) is 5.07. The van der Waals surface area contributed by atoms with Crippen LogP contribution in [0.25, 0.3) is 11.4 Å². The number of hydrogen-bond donors (Lipinski definition) is 0. The first kappa shape index (κ1) is 18.5. The average Bonchev–Trinajstić information content (AvgIpc) is 3.39. The Morgan fingerprint density at radius 1 is 1.14 bits per heavy atom. The van der Waals surface area contributed by atoms with E-state index in [9.17, 15) is 0 Å². The molecule has 28 heavy (non-hydrogen) atoms. The smallest absolute Gasteiger partial charge is 0.241 e. The molecule has 0 amide bonds. The molecule has 2 aromatic carbocycles. The molecule has 0 spiro atoms. The summed E-state index contributed by atoms with van der Waals surface area (Å²) in [7, 11) is 1.70. The molecule has 1 unspecified atom stereocenters. The van der Waals surface area contributed by atoms with E-state index in [4.69, 9.17) is 14.0 Å². The number of nitrogens with zero attached hydrogens (tertiary/aromatic N) is 3. The van der Waals surface area contributed by atoms with Crippen molar-refractivity contribution in [3.63, 3.8) is 0 Å². The maximum Gasteiger partial charge on any atom is 0.241 e. The van der Waals surface area contributed by atoms with E-state index < -0.39 is 0 Å². The highest BCUT2D eigenvalue weighted by atomic mass is 16.5. The molecule has 0 bridgehead atoms. The van der Waals surface area contributed by atoms with Crippen LogP contribution in [0.5, 0.6) is 11.5 Å². The van der Waals surface area contributed by atoms with Gasteiger partial charge in [0.15, 0.2) is 0 Å². The monoisotopic (exact) mass is 379 g/mol. The van der Waals surface area contributed by atoms with Gasteiger partial charge in [0.05, 0.1) is 20.3 Å². The summed E-state index contributed by atoms with van der Waals surface area (Å²) in [6, 6.07) is 16.4. The summed E-state index contributed by atoms with van der Waals surface area (Å²) >= 11 is 0. The summed E-state index contributed by atoms with van der Waals surface area (Å²) < 4.78 is 16.4. The highest BCUT2D eigenvalue weighted by molar-refractivity contribution is 5.55. The van der Waals surface area contributed by atoms with Crippen molar-refractivity contribution in [1.82, 2.24) is 15.0 Å². The number of hydrogen-bond acceptors (Lipinski definition) is 6. The molecule has 1 fully saturated rings. The van der Waals surface area contributed by atoms with E-state index in [0.29, 0.717) is 30.9 Å². The summed E-state index contributed by atoms with van der Waals surface area (Å²) in [6.45, 7) is 4.28. The fourth-order valence-electron chi connectivity index (χ4n) is 3.72. The molecule has 1 atom stereocenters. The third kappa shape index (κ3) is 4.02. The number of methoxy groups -OCH3 is 1. The highest BCUT2D eigenvalue weighted by Crippen LogP contribution is 2.34. The second kappa shape index (κ2) is 8.44. The Hall–Kier alpha value is -2.86. The van der Waals surface area contributed by atoms with Crippen molar-refractivity contribution in [3.05, 3.63) is 60.0 Å². The molecule has 0 saturated carbocycles. The van der Waals surface area contributed by atoms with Gasteiger partial charge >= 0.3 is 0 Å². The lowest BCUT2D eigenvalue weighted by Crippen LogP contribution is -2.23. The van der Waals surface area contributed by atoms with Crippen LogP contribution in [0, 0.1) is 0 Å². The van der Waals surface area contributed by atoms with Gasteiger partial charge in [-0.15, -0.1) is 0 Å². The lowest BCUT2D eigenvalue weighted by atomic mass is 10.0. The van der Waals surface area contributed by atoms with E-state index in [1.165, 1.54) is 5.56 Å². The van der Waals surface area contributed by atoms with Crippen molar-refractivity contribution in [3.8, 4) is 22.9 Å². The lowest BCUT2D eigenvalue weighted by Gasteiger charge is -2.23. The van der Waals surface area contributed by atoms with E-state index in [1.54, 1.807) is 7.11 Å². The lowest BCUT2D eigenvalue weighted by molar-refractivity contribution is 0.212. The minimum absolute atomic E-state index is 0.343. The van der Waals surface area contributed by atoms with E-state index in [1.807, 2.05) is 43.3 Å². The molecule has 2 heterocycles. The number of rotatable bonds is 7. The first-order valence-electron chi connectivity index (χ1n) is 9.70. The van der Waals surface area contributed by atoms with Gasteiger partial charge in [-0.1, -0.05) is 17.3 Å². The van der Waals surface area contributed by atoms with Crippen molar-refractivity contribution in [2.24, 2.45) is 0 Å². The van der Waals surface area contributed by atoms with Crippen LogP contribution in [-0.4, -0.2) is 35.3 Å². The van der Waals surface area contributed by atoms with Crippen molar-refractivity contribution in [2.75, 3.05) is 20.3 Å². The summed E-state index contributed by atoms with van der Waals surface area (Å²) in [5.74, 6) is 2.97. The second-order valence-corrected chi connectivity index (χ2v) is 6.87. The Balaban J connectivity index is 1.46. The molecule has 1 saturated heterocycles. The molecule has 3 aromatic rings. The van der Waals surface area contributed by atoms with Crippen molar-refractivity contribution >= 4 is 0 Å². The summed E-state index contributed by atoms with van der Waals surface area (Å²) in [4.78, 5) is 6.99. The van der Waals surface area contributed by atoms with Gasteiger partial charge in [0.1, 0.15) is 11.5 Å². The molecule has 4 rings (SSSR count). The zero-order valence-electron chi connectivity index (χ0n) is 16.3. The van der Waals surface area contributed by atoms with Crippen molar-refractivity contribution < 1.29 is 14.0 Å². The number of likely N-dealkylation sites (tertiary alicyclic amines) is 1. The highest BCUT2D eigenvalue weighted by Gasteiger charge is 2.28. The third-order valence-corrected chi connectivity index (χ3v) is 5.07. The molecule has 146 valence electrons. The van der Waals surface area contributed by atoms with Gasteiger partial charge < -0.3 is 14.0 Å². The van der Waals surface area contributed by atoms with Crippen LogP contribution in [0.15, 0.2) is 53.1 Å². The Morgan fingerprint density at radius 3 is 2.79 bits per heavy atom. The van der Waals surface area contributed by atoms with Gasteiger partial charge in [-0.25, -0.2) is 0 Å². The quantitative estimate of drug-likeness (QED) is 0.603. The predicted molar refractivity (Wildman–Crippen MR) is 106 cm³/mol. The molecule has 6 heteroatoms. The zero-order chi connectivity index (χ0) is 19.3. The Morgan fingerprint density at radius 2 is 2.00 bits per heavy atom. The van der Waals surface area contributed by atoms with Gasteiger partial charge in [-0.3, -0.25) is 4.90 Å². The summed E-state index contributed by atoms with van der Waals surface area (Å²) in [5, 5.41) is 4.16. The molecule has 1 aliphatic heterocycles. The normalized spacial score (nSPS) is 17.0. The van der Waals surface area contributed by atoms with E-state index >= 15 is 0 Å². The van der Waals surface area contributed by atoms with E-state index in [2.05, 4.69) is 27.2 Å². The first-order chi connectivity index (χ1) is 13.8. The van der Waals surface area contributed by atoms with Crippen LogP contribution < -0.4 is 9.47 Å². The minimum Gasteiger partial charge on any atom is -0.497 e. The number of aromatic nitrogens is 2. The average molecular weight is 379 g/mol. The van der Waals surface area contributed by atoms with Gasteiger partial charge in [-0.2, -0.15) is 4.98 Å². The van der Waals surface area contributed by atoms with Gasteiger partial charge in [0.2, 0.25) is 11.7 Å². The van der Waals surface area contributed by atoms with Gasteiger partial charge in [0.25, 0.3) is 0 Å². The SMILES string of the molecule is CCOc1ccc(-c2noc(CN3CCCC3c3cccc(OC)c3)n2)cc1. The molecule has 0 aliphatic carbocycles. The minimum atomic E-state index is 0.343. The fourth-order valence-corrected chi connectivity index (χ4v) is 3.72. The van der Waals surface area contributed by atoms with Crippen LogP contribution in [0.1, 0.15) is 37.3 Å². The summed E-state index contributed by atoms with van der Waals surface area (Å²) in [5.41, 5.74) is 2.19. The van der Waals surface area contributed by atoms with Crippen LogP contribution in [0.4, 0.5) is 0 Å². The zero-order valence-corrected chi connectivity index (χ0v) is 16.3. The maximum absolute atomic E-state index is 5.53. The maximum atomic E-state index is 5.53. The molecule has 0 N–H and O–H groups in total. The van der Waals surface area contributed by atoms with Crippen LogP contribution in [0.3, 0.4) is 0 Å². The first-order valence-corrected chi connectivity index (χ1v) is 9.70. The van der Waals surface area contributed by atoms with Crippen molar-refractivity contribution in [1.29, 1.82) is 0 Å². The van der Waals surface area contributed by atoms with Gasteiger partial charge in [-0.05, 0) is 68.3 Å². The molecule has 6 nitrogen and oxygen atoms in total. The van der Waals surface area contributed by atoms with Crippen LogP contribution in [0.2, 0.25) is 0 Å². The molecule has 1 aliphatic rings. The number of benzene rings is 2. The van der Waals surface area contributed by atoms with Crippen LogP contribution in [-0.2, 0) is 6.54 Å². The van der Waals surface area contributed by atoms with Crippen LogP contribution >= 0.6 is 0 Å². The van der Waals surface area contributed by atoms with Crippen molar-refractivity contribution in [2.45, 2.75) is 32.4 Å². The molecular weight excluding hydrogens is 354 g/mol. The van der Waals surface area contributed by atoms with E-state index in [-0.39, 0.29) is 0 Å². The molecule has 1 aromatic heterocycles. The Bertz CT molecular complexity index is 907. The Kier molecular flexibility index (Phi) is 5.58. The van der Waals surface area contributed by atoms with Gasteiger partial charge in [0, 0.05) is 11.6 Å². The largest absolute Gasteiger partial charge is 0.497 e. The standard InChI is InChI=1S/C22H25N3O3/c1-3-27-18-11-9-16(10-12-18)22-23-21(28-24-22)15-25-13-5-8-20(25)17-6-4-7-19(14-17)26-2/h4,6-7,9-12,14,20H,3,5,8,13,15H2,1-2H3. The molecule has 0 radical (unpaired) electrons. The van der Waals surface area contributed by atoms with E-state index in [0.717, 1.165) is 36.4 Å². The Labute approximate surface area is 165 Å². The second-order valence-electron chi connectivity index (χ2n) is 6.87. The topological polar surface area (TPSA) is 60.6 Å². The predicted octanol–water partition coefficient (Wildman–Crippen LogP) is 4.48. The molecular formula is C22H25N3O3. The summed E-state index contributed by atoms with van der Waals surface area (Å²) in [6.07, 6.45) is 2.27. The number of ether oxygens (including phenoxy) is 2. The fraction of sp³-hybridized carbons (Fsp3) is 0.364.